The Bertz CT molecular complexity index is 308. The fourth-order valence-electron chi connectivity index (χ4n) is 1.38. The highest BCUT2D eigenvalue weighted by molar-refractivity contribution is 7.99. The van der Waals surface area contributed by atoms with Crippen molar-refractivity contribution in [2.45, 2.75) is 37.2 Å². The summed E-state index contributed by atoms with van der Waals surface area (Å²) in [5.74, 6) is 1.03. The zero-order chi connectivity index (χ0) is 12.0. The zero-order valence-corrected chi connectivity index (χ0v) is 10.9. The maximum Gasteiger partial charge on any atom is 0.0741 e. The van der Waals surface area contributed by atoms with E-state index in [0.717, 1.165) is 18.6 Å². The van der Waals surface area contributed by atoms with Crippen LogP contribution in [0.25, 0.3) is 0 Å². The van der Waals surface area contributed by atoms with Crippen LogP contribution in [-0.4, -0.2) is 23.0 Å². The van der Waals surface area contributed by atoms with E-state index in [2.05, 4.69) is 31.2 Å². The summed E-state index contributed by atoms with van der Waals surface area (Å²) in [5.41, 5.74) is 6.05. The Labute approximate surface area is 102 Å². The van der Waals surface area contributed by atoms with Crippen molar-refractivity contribution in [2.24, 2.45) is 5.73 Å². The third kappa shape index (κ3) is 5.01. The first-order valence-electron chi connectivity index (χ1n) is 5.65. The van der Waals surface area contributed by atoms with Gasteiger partial charge in [0.15, 0.2) is 0 Å². The smallest absolute Gasteiger partial charge is 0.0741 e. The number of aryl methyl sites for hydroxylation is 1. The minimum atomic E-state index is -0.701. The van der Waals surface area contributed by atoms with E-state index in [-0.39, 0.29) is 0 Å². The van der Waals surface area contributed by atoms with Crippen molar-refractivity contribution in [3.05, 3.63) is 29.8 Å². The van der Waals surface area contributed by atoms with Gasteiger partial charge in [-0.2, -0.15) is 0 Å². The lowest BCUT2D eigenvalue weighted by Gasteiger charge is -2.20. The van der Waals surface area contributed by atoms with Crippen LogP contribution in [-0.2, 0) is 0 Å². The molecule has 1 aromatic rings. The highest BCUT2D eigenvalue weighted by atomic mass is 32.2. The molecule has 0 aliphatic carbocycles. The number of hydrogen-bond acceptors (Lipinski definition) is 3. The molecule has 0 aliphatic rings. The average Bonchev–Trinajstić information content (AvgIpc) is 2.27. The molecule has 0 heterocycles. The molecular formula is C13H21NOS. The Morgan fingerprint density at radius 3 is 2.50 bits per heavy atom. The minimum Gasteiger partial charge on any atom is -0.389 e. The van der Waals surface area contributed by atoms with Crippen LogP contribution in [0.4, 0.5) is 0 Å². The van der Waals surface area contributed by atoms with Gasteiger partial charge in [0.2, 0.25) is 0 Å². The largest absolute Gasteiger partial charge is 0.389 e. The standard InChI is InChI=1S/C13H21NOS/c1-11-4-6-12(7-5-11)16-9-3-8-13(2,15)10-14/h4-7,15H,3,8-10,14H2,1-2H3. The quantitative estimate of drug-likeness (QED) is 0.592. The molecule has 16 heavy (non-hydrogen) atoms. The predicted molar refractivity (Wildman–Crippen MR) is 70.8 cm³/mol. The van der Waals surface area contributed by atoms with Crippen molar-refractivity contribution in [1.82, 2.24) is 0 Å². The second kappa shape index (κ2) is 6.28. The maximum absolute atomic E-state index is 9.72. The van der Waals surface area contributed by atoms with Gasteiger partial charge in [-0.1, -0.05) is 17.7 Å². The number of benzene rings is 1. The molecule has 0 fully saturated rings. The van der Waals surface area contributed by atoms with E-state index in [1.165, 1.54) is 10.5 Å². The summed E-state index contributed by atoms with van der Waals surface area (Å²) < 4.78 is 0. The summed E-state index contributed by atoms with van der Waals surface area (Å²) in [5, 5.41) is 9.72. The molecule has 1 aromatic carbocycles. The summed E-state index contributed by atoms with van der Waals surface area (Å²) in [6.45, 7) is 4.22. The first-order valence-corrected chi connectivity index (χ1v) is 6.64. The van der Waals surface area contributed by atoms with Gasteiger partial charge in [-0.15, -0.1) is 11.8 Å². The summed E-state index contributed by atoms with van der Waals surface area (Å²) in [4.78, 5) is 1.29. The molecule has 3 heteroatoms. The van der Waals surface area contributed by atoms with Crippen LogP contribution in [0.2, 0.25) is 0 Å². The molecule has 1 rings (SSSR count). The molecular weight excluding hydrogens is 218 g/mol. The van der Waals surface area contributed by atoms with Gasteiger partial charge in [0.05, 0.1) is 5.60 Å². The van der Waals surface area contributed by atoms with Crippen LogP contribution in [0.1, 0.15) is 25.3 Å². The van der Waals surface area contributed by atoms with Crippen molar-refractivity contribution in [2.75, 3.05) is 12.3 Å². The Morgan fingerprint density at radius 1 is 1.31 bits per heavy atom. The molecule has 2 nitrogen and oxygen atoms in total. The first kappa shape index (κ1) is 13.6. The van der Waals surface area contributed by atoms with Crippen LogP contribution in [0.5, 0.6) is 0 Å². The summed E-state index contributed by atoms with van der Waals surface area (Å²) in [6.07, 6.45) is 1.76. The first-order chi connectivity index (χ1) is 7.53. The Balaban J connectivity index is 2.23. The van der Waals surface area contributed by atoms with E-state index in [1.54, 1.807) is 6.92 Å². The fraction of sp³-hybridized carbons (Fsp3) is 0.538. The molecule has 1 unspecified atom stereocenters. The van der Waals surface area contributed by atoms with Crippen LogP contribution in [0, 0.1) is 6.92 Å². The highest BCUT2D eigenvalue weighted by Crippen LogP contribution is 2.21. The molecule has 0 bridgehead atoms. The molecule has 0 saturated carbocycles. The molecule has 0 aliphatic heterocycles. The van der Waals surface area contributed by atoms with E-state index in [1.807, 2.05) is 11.8 Å². The summed E-state index contributed by atoms with van der Waals surface area (Å²) in [6, 6.07) is 8.53. The Kier molecular flexibility index (Phi) is 5.32. The monoisotopic (exact) mass is 239 g/mol. The van der Waals surface area contributed by atoms with Crippen LogP contribution >= 0.6 is 11.8 Å². The molecule has 0 aromatic heterocycles. The average molecular weight is 239 g/mol. The Hall–Kier alpha value is -0.510. The van der Waals surface area contributed by atoms with E-state index in [4.69, 9.17) is 5.73 Å². The van der Waals surface area contributed by atoms with Gasteiger partial charge in [0.25, 0.3) is 0 Å². The van der Waals surface area contributed by atoms with Crippen molar-refractivity contribution in [1.29, 1.82) is 0 Å². The van der Waals surface area contributed by atoms with Crippen LogP contribution < -0.4 is 5.73 Å². The van der Waals surface area contributed by atoms with Gasteiger partial charge in [0, 0.05) is 11.4 Å². The van der Waals surface area contributed by atoms with Crippen LogP contribution in [0.3, 0.4) is 0 Å². The van der Waals surface area contributed by atoms with Gasteiger partial charge < -0.3 is 10.8 Å². The van der Waals surface area contributed by atoms with E-state index in [0.29, 0.717) is 6.54 Å². The third-order valence-electron chi connectivity index (χ3n) is 2.59. The summed E-state index contributed by atoms with van der Waals surface area (Å²) >= 11 is 1.83. The number of rotatable bonds is 6. The fourth-order valence-corrected chi connectivity index (χ4v) is 2.23. The normalized spacial score (nSPS) is 14.8. The molecule has 1 atom stereocenters. The highest BCUT2D eigenvalue weighted by Gasteiger charge is 2.16. The molecule has 3 N–H and O–H groups in total. The third-order valence-corrected chi connectivity index (χ3v) is 3.69. The van der Waals surface area contributed by atoms with Crippen LogP contribution in [0.15, 0.2) is 29.2 Å². The van der Waals surface area contributed by atoms with E-state index in [9.17, 15) is 5.11 Å². The SMILES string of the molecule is Cc1ccc(SCCCC(C)(O)CN)cc1. The minimum absolute atomic E-state index is 0.336. The van der Waals surface area contributed by atoms with E-state index < -0.39 is 5.60 Å². The lowest BCUT2D eigenvalue weighted by molar-refractivity contribution is 0.0596. The second-order valence-electron chi connectivity index (χ2n) is 4.47. The topological polar surface area (TPSA) is 46.2 Å². The zero-order valence-electron chi connectivity index (χ0n) is 10.1. The van der Waals surface area contributed by atoms with Gasteiger partial charge in [-0.3, -0.25) is 0 Å². The lowest BCUT2D eigenvalue weighted by atomic mass is 10.0. The molecule has 0 spiro atoms. The van der Waals surface area contributed by atoms with Crippen molar-refractivity contribution in [3.8, 4) is 0 Å². The van der Waals surface area contributed by atoms with Crippen molar-refractivity contribution in [3.63, 3.8) is 0 Å². The lowest BCUT2D eigenvalue weighted by Crippen LogP contribution is -2.34. The number of aliphatic hydroxyl groups is 1. The van der Waals surface area contributed by atoms with Gasteiger partial charge in [0.1, 0.15) is 0 Å². The van der Waals surface area contributed by atoms with Gasteiger partial charge in [-0.25, -0.2) is 0 Å². The molecule has 0 amide bonds. The summed E-state index contributed by atoms with van der Waals surface area (Å²) in [7, 11) is 0. The van der Waals surface area contributed by atoms with E-state index >= 15 is 0 Å². The van der Waals surface area contributed by atoms with Gasteiger partial charge >= 0.3 is 0 Å². The predicted octanol–water partition coefficient (Wildman–Crippen LogP) is 2.58. The molecule has 90 valence electrons. The molecule has 0 radical (unpaired) electrons. The maximum atomic E-state index is 9.72. The molecule has 0 saturated heterocycles. The number of nitrogens with two attached hydrogens (primary N) is 1. The van der Waals surface area contributed by atoms with Crippen molar-refractivity contribution >= 4 is 11.8 Å². The second-order valence-corrected chi connectivity index (χ2v) is 5.63. The van der Waals surface area contributed by atoms with Crippen molar-refractivity contribution < 1.29 is 5.11 Å². The number of thioether (sulfide) groups is 1. The van der Waals surface area contributed by atoms with Gasteiger partial charge in [-0.05, 0) is 44.6 Å². The Morgan fingerprint density at radius 2 is 1.94 bits per heavy atom. The number of hydrogen-bond donors (Lipinski definition) is 2.